The highest BCUT2D eigenvalue weighted by atomic mass is 16.5. The van der Waals surface area contributed by atoms with Crippen LogP contribution in [0.4, 0.5) is 5.69 Å². The lowest BCUT2D eigenvalue weighted by Gasteiger charge is -2.05. The molecule has 114 valence electrons. The SMILES string of the molecule is COc1cccc(/C=C/NC(=O)CNc2ccc(C)cc2)c1. The standard InChI is InChI=1S/C18H20N2O2/c1-14-6-8-16(9-7-14)20-13-18(21)19-11-10-15-4-3-5-17(12-15)22-2/h3-12,20H,13H2,1-2H3,(H,19,21)/b11-10+. The lowest BCUT2D eigenvalue weighted by molar-refractivity contribution is -0.118. The molecular formula is C18H20N2O2. The summed E-state index contributed by atoms with van der Waals surface area (Å²) in [5.41, 5.74) is 3.08. The van der Waals surface area contributed by atoms with Crippen LogP contribution in [-0.4, -0.2) is 19.6 Å². The van der Waals surface area contributed by atoms with Gasteiger partial charge in [-0.2, -0.15) is 0 Å². The minimum atomic E-state index is -0.0975. The van der Waals surface area contributed by atoms with Crippen LogP contribution >= 0.6 is 0 Å². The van der Waals surface area contributed by atoms with Crippen molar-refractivity contribution >= 4 is 17.7 Å². The molecule has 4 nitrogen and oxygen atoms in total. The van der Waals surface area contributed by atoms with Gasteiger partial charge in [-0.1, -0.05) is 29.8 Å². The Balaban J connectivity index is 1.79. The first kappa shape index (κ1) is 15.6. The van der Waals surface area contributed by atoms with Crippen LogP contribution in [0.15, 0.2) is 54.7 Å². The molecule has 0 radical (unpaired) electrons. The molecule has 2 aromatic rings. The van der Waals surface area contributed by atoms with Crippen molar-refractivity contribution in [3.8, 4) is 5.75 Å². The Morgan fingerprint density at radius 1 is 1.18 bits per heavy atom. The summed E-state index contributed by atoms with van der Waals surface area (Å²) in [5, 5.41) is 5.80. The van der Waals surface area contributed by atoms with Crippen molar-refractivity contribution in [2.45, 2.75) is 6.92 Å². The van der Waals surface area contributed by atoms with E-state index >= 15 is 0 Å². The van der Waals surface area contributed by atoms with E-state index in [0.717, 1.165) is 17.0 Å². The minimum Gasteiger partial charge on any atom is -0.497 e. The molecule has 0 bridgehead atoms. The number of methoxy groups -OCH3 is 1. The maximum atomic E-state index is 11.7. The molecule has 1 amide bonds. The van der Waals surface area contributed by atoms with Gasteiger partial charge < -0.3 is 15.4 Å². The number of anilines is 1. The van der Waals surface area contributed by atoms with Gasteiger partial charge in [-0.25, -0.2) is 0 Å². The third kappa shape index (κ3) is 4.98. The molecular weight excluding hydrogens is 276 g/mol. The molecule has 2 rings (SSSR count). The van der Waals surface area contributed by atoms with Crippen molar-refractivity contribution in [2.75, 3.05) is 19.0 Å². The van der Waals surface area contributed by atoms with Crippen LogP contribution in [0.2, 0.25) is 0 Å². The number of rotatable bonds is 6. The second kappa shape index (κ2) is 7.88. The van der Waals surface area contributed by atoms with Gasteiger partial charge in [0, 0.05) is 11.9 Å². The molecule has 0 aromatic heterocycles. The first-order valence-corrected chi connectivity index (χ1v) is 7.08. The Morgan fingerprint density at radius 2 is 1.95 bits per heavy atom. The Kier molecular flexibility index (Phi) is 5.60. The number of hydrogen-bond donors (Lipinski definition) is 2. The Morgan fingerprint density at radius 3 is 2.68 bits per heavy atom. The van der Waals surface area contributed by atoms with Crippen LogP contribution in [0.25, 0.3) is 6.08 Å². The van der Waals surface area contributed by atoms with Gasteiger partial charge in [0.2, 0.25) is 5.91 Å². The minimum absolute atomic E-state index is 0.0975. The molecule has 0 unspecified atom stereocenters. The summed E-state index contributed by atoms with van der Waals surface area (Å²) >= 11 is 0. The summed E-state index contributed by atoms with van der Waals surface area (Å²) in [6, 6.07) is 15.5. The van der Waals surface area contributed by atoms with Crippen LogP contribution < -0.4 is 15.4 Å². The average molecular weight is 296 g/mol. The van der Waals surface area contributed by atoms with E-state index in [1.165, 1.54) is 5.56 Å². The van der Waals surface area contributed by atoms with Gasteiger partial charge in [-0.05, 0) is 42.8 Å². The lowest BCUT2D eigenvalue weighted by atomic mass is 10.2. The monoisotopic (exact) mass is 296 g/mol. The molecule has 0 aliphatic heterocycles. The van der Waals surface area contributed by atoms with Crippen molar-refractivity contribution < 1.29 is 9.53 Å². The van der Waals surface area contributed by atoms with Gasteiger partial charge in [0.15, 0.2) is 0 Å². The zero-order valence-corrected chi connectivity index (χ0v) is 12.8. The normalized spacial score (nSPS) is 10.5. The van der Waals surface area contributed by atoms with Crippen molar-refractivity contribution in [3.05, 3.63) is 65.9 Å². The number of ether oxygens (including phenoxy) is 1. The van der Waals surface area contributed by atoms with Crippen molar-refractivity contribution in [3.63, 3.8) is 0 Å². The van der Waals surface area contributed by atoms with Crippen LogP contribution in [0.5, 0.6) is 5.75 Å². The van der Waals surface area contributed by atoms with E-state index in [4.69, 9.17) is 4.74 Å². The Hall–Kier alpha value is -2.75. The first-order valence-electron chi connectivity index (χ1n) is 7.08. The fraction of sp³-hybridized carbons (Fsp3) is 0.167. The summed E-state index contributed by atoms with van der Waals surface area (Å²) in [4.78, 5) is 11.7. The maximum absolute atomic E-state index is 11.7. The highest BCUT2D eigenvalue weighted by Crippen LogP contribution is 2.13. The molecule has 22 heavy (non-hydrogen) atoms. The fourth-order valence-corrected chi connectivity index (χ4v) is 1.88. The average Bonchev–Trinajstić information content (AvgIpc) is 2.54. The van der Waals surface area contributed by atoms with Gasteiger partial charge in [0.1, 0.15) is 5.75 Å². The highest BCUT2D eigenvalue weighted by Gasteiger charge is 1.98. The van der Waals surface area contributed by atoms with E-state index in [0.29, 0.717) is 0 Å². The summed E-state index contributed by atoms with van der Waals surface area (Å²) in [5.74, 6) is 0.689. The fourth-order valence-electron chi connectivity index (χ4n) is 1.88. The predicted octanol–water partition coefficient (Wildman–Crippen LogP) is 3.20. The summed E-state index contributed by atoms with van der Waals surface area (Å²) < 4.78 is 5.15. The van der Waals surface area contributed by atoms with E-state index < -0.39 is 0 Å². The lowest BCUT2D eigenvalue weighted by Crippen LogP contribution is -2.25. The van der Waals surface area contributed by atoms with Crippen LogP contribution in [-0.2, 0) is 4.79 Å². The van der Waals surface area contributed by atoms with Gasteiger partial charge >= 0.3 is 0 Å². The van der Waals surface area contributed by atoms with E-state index in [-0.39, 0.29) is 12.5 Å². The molecule has 0 aliphatic carbocycles. The molecule has 0 aliphatic rings. The number of benzene rings is 2. The van der Waals surface area contributed by atoms with E-state index in [1.807, 2.05) is 61.5 Å². The zero-order chi connectivity index (χ0) is 15.8. The third-order valence-corrected chi connectivity index (χ3v) is 3.12. The maximum Gasteiger partial charge on any atom is 0.243 e. The van der Waals surface area contributed by atoms with Gasteiger partial charge in [0.25, 0.3) is 0 Å². The van der Waals surface area contributed by atoms with Crippen LogP contribution in [0.3, 0.4) is 0 Å². The molecule has 0 spiro atoms. The number of aryl methyl sites for hydroxylation is 1. The summed E-state index contributed by atoms with van der Waals surface area (Å²) in [6.07, 6.45) is 3.46. The number of amides is 1. The van der Waals surface area contributed by atoms with Gasteiger partial charge in [0.05, 0.1) is 13.7 Å². The van der Waals surface area contributed by atoms with Crippen molar-refractivity contribution in [1.29, 1.82) is 0 Å². The largest absolute Gasteiger partial charge is 0.497 e. The topological polar surface area (TPSA) is 50.4 Å². The number of carbonyl (C=O) groups excluding carboxylic acids is 1. The van der Waals surface area contributed by atoms with E-state index in [9.17, 15) is 4.79 Å². The zero-order valence-electron chi connectivity index (χ0n) is 12.8. The molecule has 2 aromatic carbocycles. The van der Waals surface area contributed by atoms with Crippen LogP contribution in [0, 0.1) is 6.92 Å². The first-order chi connectivity index (χ1) is 10.7. The second-order valence-electron chi connectivity index (χ2n) is 4.90. The Labute approximate surface area is 130 Å². The molecule has 0 saturated heterocycles. The second-order valence-corrected chi connectivity index (χ2v) is 4.90. The van der Waals surface area contributed by atoms with Crippen molar-refractivity contribution in [2.24, 2.45) is 0 Å². The highest BCUT2D eigenvalue weighted by molar-refractivity contribution is 5.82. The molecule has 0 fully saturated rings. The number of nitrogens with one attached hydrogen (secondary N) is 2. The summed E-state index contributed by atoms with van der Waals surface area (Å²) in [6.45, 7) is 2.26. The van der Waals surface area contributed by atoms with E-state index in [2.05, 4.69) is 10.6 Å². The van der Waals surface area contributed by atoms with E-state index in [1.54, 1.807) is 13.3 Å². The van der Waals surface area contributed by atoms with Gasteiger partial charge in [-0.15, -0.1) is 0 Å². The molecule has 0 atom stereocenters. The number of carbonyl (C=O) groups is 1. The molecule has 0 saturated carbocycles. The predicted molar refractivity (Wildman–Crippen MR) is 89.8 cm³/mol. The summed E-state index contributed by atoms with van der Waals surface area (Å²) in [7, 11) is 1.63. The number of hydrogen-bond acceptors (Lipinski definition) is 3. The Bertz CT molecular complexity index is 648. The molecule has 4 heteroatoms. The van der Waals surface area contributed by atoms with Crippen molar-refractivity contribution in [1.82, 2.24) is 5.32 Å². The quantitative estimate of drug-likeness (QED) is 0.860. The smallest absolute Gasteiger partial charge is 0.243 e. The van der Waals surface area contributed by atoms with Gasteiger partial charge in [-0.3, -0.25) is 4.79 Å². The third-order valence-electron chi connectivity index (χ3n) is 3.12. The molecule has 2 N–H and O–H groups in total. The van der Waals surface area contributed by atoms with Crippen LogP contribution in [0.1, 0.15) is 11.1 Å². The molecule has 0 heterocycles.